The van der Waals surface area contributed by atoms with Crippen molar-refractivity contribution in [2.45, 2.75) is 39.9 Å². The minimum absolute atomic E-state index is 0.133. The molecule has 1 aliphatic rings. The van der Waals surface area contributed by atoms with E-state index in [1.54, 1.807) is 6.20 Å². The molecular weight excluding hydrogens is 332 g/mol. The highest BCUT2D eigenvalue weighted by Crippen LogP contribution is 2.33. The van der Waals surface area contributed by atoms with Crippen LogP contribution in [0, 0.1) is 13.8 Å². The lowest BCUT2D eigenvalue weighted by atomic mass is 10.1. The van der Waals surface area contributed by atoms with Crippen LogP contribution in [0.3, 0.4) is 0 Å². The largest absolute Gasteiger partial charge is 0.460 e. The fourth-order valence-electron chi connectivity index (χ4n) is 3.29. The van der Waals surface area contributed by atoms with Gasteiger partial charge in [-0.3, -0.25) is 0 Å². The molecule has 1 aliphatic heterocycles. The van der Waals surface area contributed by atoms with Gasteiger partial charge in [-0.05, 0) is 39.8 Å². The first-order valence-corrected chi connectivity index (χ1v) is 8.77. The second-order valence-electron chi connectivity index (χ2n) is 6.84. The topological polar surface area (TPSA) is 77.4 Å². The number of ether oxygens (including phenoxy) is 1. The summed E-state index contributed by atoms with van der Waals surface area (Å²) in [6.45, 7) is 9.42. The molecule has 3 aromatic rings. The van der Waals surface area contributed by atoms with Gasteiger partial charge >= 0.3 is 0 Å². The van der Waals surface area contributed by atoms with Gasteiger partial charge in [0, 0.05) is 25.4 Å². The second kappa shape index (κ2) is 6.57. The van der Waals surface area contributed by atoms with Crippen LogP contribution in [0.25, 0.3) is 22.8 Å². The summed E-state index contributed by atoms with van der Waals surface area (Å²) in [4.78, 5) is 11.5. The minimum atomic E-state index is 0.133. The summed E-state index contributed by atoms with van der Waals surface area (Å²) in [7, 11) is 0. The molecule has 136 valence electrons. The number of anilines is 1. The SMILES string of the molecule is Cc1cc(-c2cnc(N3C[C@@H](C)O[C@@H](C)C3)nc2-c2ccc(C)o2)on1. The van der Waals surface area contributed by atoms with E-state index in [1.807, 2.05) is 32.0 Å². The van der Waals surface area contributed by atoms with Crippen molar-refractivity contribution in [1.29, 1.82) is 0 Å². The molecule has 3 aromatic heterocycles. The van der Waals surface area contributed by atoms with Crippen molar-refractivity contribution in [2.75, 3.05) is 18.0 Å². The van der Waals surface area contributed by atoms with Gasteiger partial charge in [-0.15, -0.1) is 0 Å². The molecule has 1 saturated heterocycles. The number of hydrogen-bond donors (Lipinski definition) is 0. The van der Waals surface area contributed by atoms with Crippen LogP contribution >= 0.6 is 0 Å². The summed E-state index contributed by atoms with van der Waals surface area (Å²) in [6.07, 6.45) is 2.04. The van der Waals surface area contributed by atoms with Crippen LogP contribution in [0.4, 0.5) is 5.95 Å². The molecule has 0 aliphatic carbocycles. The van der Waals surface area contributed by atoms with Crippen molar-refractivity contribution >= 4 is 5.95 Å². The molecule has 0 unspecified atom stereocenters. The number of rotatable bonds is 3. The second-order valence-corrected chi connectivity index (χ2v) is 6.84. The van der Waals surface area contributed by atoms with Crippen LogP contribution < -0.4 is 4.90 Å². The van der Waals surface area contributed by atoms with E-state index in [0.717, 1.165) is 30.1 Å². The first kappa shape index (κ1) is 16.8. The van der Waals surface area contributed by atoms with Crippen LogP contribution in [-0.2, 0) is 4.74 Å². The number of hydrogen-bond acceptors (Lipinski definition) is 7. The van der Waals surface area contributed by atoms with Gasteiger partial charge in [0.15, 0.2) is 11.5 Å². The van der Waals surface area contributed by atoms with E-state index in [-0.39, 0.29) is 12.2 Å². The lowest BCUT2D eigenvalue weighted by Crippen LogP contribution is -2.46. The zero-order valence-electron chi connectivity index (χ0n) is 15.4. The maximum absolute atomic E-state index is 5.83. The van der Waals surface area contributed by atoms with Gasteiger partial charge in [0.05, 0.1) is 23.5 Å². The van der Waals surface area contributed by atoms with Gasteiger partial charge in [0.1, 0.15) is 11.5 Å². The molecule has 26 heavy (non-hydrogen) atoms. The molecule has 0 saturated carbocycles. The van der Waals surface area contributed by atoms with Crippen LogP contribution in [0.2, 0.25) is 0 Å². The molecule has 0 bridgehead atoms. The average Bonchev–Trinajstić information content (AvgIpc) is 3.22. The van der Waals surface area contributed by atoms with E-state index in [4.69, 9.17) is 18.7 Å². The maximum Gasteiger partial charge on any atom is 0.226 e. The van der Waals surface area contributed by atoms with Gasteiger partial charge in [0.2, 0.25) is 5.95 Å². The van der Waals surface area contributed by atoms with E-state index >= 15 is 0 Å². The normalized spacial score (nSPS) is 20.5. The standard InChI is InChI=1S/C19H22N4O3/c1-11-7-17(26-22-11)15-8-20-19(23-9-13(3)24-14(4)10-23)21-18(15)16-6-5-12(2)25-16/h5-8,13-14H,9-10H2,1-4H3/t13-,14+. The monoisotopic (exact) mass is 354 g/mol. The Morgan fingerprint density at radius 1 is 1.08 bits per heavy atom. The molecule has 0 aromatic carbocycles. The van der Waals surface area contributed by atoms with Crippen molar-refractivity contribution in [1.82, 2.24) is 15.1 Å². The zero-order valence-corrected chi connectivity index (χ0v) is 15.4. The third kappa shape index (κ3) is 3.22. The van der Waals surface area contributed by atoms with Crippen molar-refractivity contribution in [3.8, 4) is 22.8 Å². The first-order valence-electron chi connectivity index (χ1n) is 8.77. The first-order chi connectivity index (χ1) is 12.5. The Kier molecular flexibility index (Phi) is 4.24. The summed E-state index contributed by atoms with van der Waals surface area (Å²) in [5.41, 5.74) is 2.27. The van der Waals surface area contributed by atoms with E-state index < -0.39 is 0 Å². The predicted molar refractivity (Wildman–Crippen MR) is 96.9 cm³/mol. The minimum Gasteiger partial charge on any atom is -0.460 e. The molecule has 0 spiro atoms. The van der Waals surface area contributed by atoms with E-state index in [0.29, 0.717) is 23.2 Å². The average molecular weight is 354 g/mol. The van der Waals surface area contributed by atoms with Crippen molar-refractivity contribution in [2.24, 2.45) is 0 Å². The molecule has 0 radical (unpaired) electrons. The third-order valence-electron chi connectivity index (χ3n) is 4.35. The van der Waals surface area contributed by atoms with E-state index in [1.165, 1.54) is 0 Å². The maximum atomic E-state index is 5.83. The predicted octanol–water partition coefficient (Wildman–Crippen LogP) is 3.62. The van der Waals surface area contributed by atoms with E-state index in [9.17, 15) is 0 Å². The molecule has 7 heteroatoms. The summed E-state index contributed by atoms with van der Waals surface area (Å²) >= 11 is 0. The van der Waals surface area contributed by atoms with Gasteiger partial charge in [0.25, 0.3) is 0 Å². The molecule has 2 atom stereocenters. The van der Waals surface area contributed by atoms with Crippen LogP contribution in [-0.4, -0.2) is 40.4 Å². The zero-order chi connectivity index (χ0) is 18.3. The number of aromatic nitrogens is 3. The Labute approximate surface area is 152 Å². The van der Waals surface area contributed by atoms with Gasteiger partial charge in [-0.2, -0.15) is 0 Å². The molecule has 1 fully saturated rings. The summed E-state index contributed by atoms with van der Waals surface area (Å²) in [6, 6.07) is 5.71. The highest BCUT2D eigenvalue weighted by molar-refractivity contribution is 5.76. The smallest absolute Gasteiger partial charge is 0.226 e. The fourth-order valence-corrected chi connectivity index (χ4v) is 3.29. The van der Waals surface area contributed by atoms with Gasteiger partial charge < -0.3 is 18.6 Å². The Morgan fingerprint density at radius 2 is 1.85 bits per heavy atom. The summed E-state index contributed by atoms with van der Waals surface area (Å²) < 4.78 is 17.1. The quantitative estimate of drug-likeness (QED) is 0.711. The number of aryl methyl sites for hydroxylation is 2. The van der Waals surface area contributed by atoms with Gasteiger partial charge in [-0.25, -0.2) is 9.97 Å². The number of furan rings is 1. The molecule has 4 heterocycles. The van der Waals surface area contributed by atoms with Crippen molar-refractivity contribution < 1.29 is 13.7 Å². The van der Waals surface area contributed by atoms with Crippen LogP contribution in [0.5, 0.6) is 0 Å². The Bertz CT molecular complexity index is 907. The van der Waals surface area contributed by atoms with E-state index in [2.05, 4.69) is 28.9 Å². The lowest BCUT2D eigenvalue weighted by Gasteiger charge is -2.35. The molecule has 0 N–H and O–H groups in total. The summed E-state index contributed by atoms with van der Waals surface area (Å²) in [5.74, 6) is 2.80. The summed E-state index contributed by atoms with van der Waals surface area (Å²) in [5, 5.41) is 3.98. The molecule has 4 rings (SSSR count). The van der Waals surface area contributed by atoms with Gasteiger partial charge in [-0.1, -0.05) is 5.16 Å². The number of nitrogens with zero attached hydrogens (tertiary/aromatic N) is 4. The molecule has 0 amide bonds. The molecule has 7 nitrogen and oxygen atoms in total. The molecular formula is C19H22N4O3. The van der Waals surface area contributed by atoms with Crippen molar-refractivity contribution in [3.63, 3.8) is 0 Å². The number of morpholine rings is 1. The van der Waals surface area contributed by atoms with Crippen molar-refractivity contribution in [3.05, 3.63) is 35.9 Å². The lowest BCUT2D eigenvalue weighted by molar-refractivity contribution is -0.00571. The van der Waals surface area contributed by atoms with Crippen LogP contribution in [0.1, 0.15) is 25.3 Å². The third-order valence-corrected chi connectivity index (χ3v) is 4.35. The highest BCUT2D eigenvalue weighted by atomic mass is 16.5. The Morgan fingerprint density at radius 3 is 2.46 bits per heavy atom. The Hall–Kier alpha value is -2.67. The fraction of sp³-hybridized carbons (Fsp3) is 0.421. The highest BCUT2D eigenvalue weighted by Gasteiger charge is 2.26. The van der Waals surface area contributed by atoms with Crippen LogP contribution in [0.15, 0.2) is 33.3 Å². The Balaban J connectivity index is 1.79.